The van der Waals surface area contributed by atoms with E-state index in [4.69, 9.17) is 9.47 Å². The Hall–Kier alpha value is -2.47. The molecule has 0 unspecified atom stereocenters. The maximum atomic E-state index is 12.7. The Morgan fingerprint density at radius 2 is 1.89 bits per heavy atom. The van der Waals surface area contributed by atoms with Gasteiger partial charge in [0.05, 0.1) is 41.0 Å². The fourth-order valence-electron chi connectivity index (χ4n) is 4.19. The molecule has 2 heterocycles. The summed E-state index contributed by atoms with van der Waals surface area (Å²) in [5, 5.41) is 3.42. The van der Waals surface area contributed by atoms with Crippen LogP contribution in [0.2, 0.25) is 0 Å². The number of fused-ring (bicyclic) bond motifs is 2. The number of thiazole rings is 1. The number of amides is 2. The lowest BCUT2D eigenvalue weighted by Gasteiger charge is -2.07. The quantitative estimate of drug-likeness (QED) is 0.317. The number of nitrogens with one attached hydrogen (secondary N) is 1. The molecule has 0 aliphatic heterocycles. The third kappa shape index (κ3) is 6.26. The second-order valence-electron chi connectivity index (χ2n) is 8.30. The molecule has 2 aromatic heterocycles. The van der Waals surface area contributed by atoms with Gasteiger partial charge in [0.2, 0.25) is 5.91 Å². The van der Waals surface area contributed by atoms with Crippen LogP contribution in [-0.4, -0.2) is 54.7 Å². The Bertz CT molecular complexity index is 1320. The Morgan fingerprint density at radius 1 is 1.08 bits per heavy atom. The predicted octanol–water partition coefficient (Wildman–Crippen LogP) is 4.27. The van der Waals surface area contributed by atoms with Crippen molar-refractivity contribution in [3.63, 3.8) is 0 Å². The number of aromatic nitrogens is 1. The van der Waals surface area contributed by atoms with Gasteiger partial charge in [-0.25, -0.2) is 4.79 Å². The number of carbonyl (C=O) groups excluding carboxylic acids is 3. The smallest absolute Gasteiger partial charge is 0.341 e. The molecule has 0 fully saturated rings. The van der Waals surface area contributed by atoms with Crippen LogP contribution in [0.25, 0.3) is 10.2 Å². The van der Waals surface area contributed by atoms with Gasteiger partial charge in [-0.05, 0) is 43.4 Å². The Balaban J connectivity index is 1.40. The van der Waals surface area contributed by atoms with Crippen LogP contribution in [0, 0.1) is 0 Å². The van der Waals surface area contributed by atoms with Crippen molar-refractivity contribution in [1.29, 1.82) is 0 Å². The number of benzene rings is 1. The molecule has 36 heavy (non-hydrogen) atoms. The van der Waals surface area contributed by atoms with Gasteiger partial charge in [-0.3, -0.25) is 9.59 Å². The number of aryl methyl sites for hydroxylation is 1. The SMILES string of the molecule is COCCn1c(=NC(=O)CSCC(=O)Nc2sc3c(c2C(=O)OC)CCCCC3)sc2ccccc21. The van der Waals surface area contributed by atoms with Crippen LogP contribution in [-0.2, 0) is 38.4 Å². The van der Waals surface area contributed by atoms with Crippen molar-refractivity contribution in [3.8, 4) is 0 Å². The van der Waals surface area contributed by atoms with E-state index in [-0.39, 0.29) is 23.3 Å². The summed E-state index contributed by atoms with van der Waals surface area (Å²) in [6.07, 6.45) is 4.96. The third-order valence-corrected chi connectivity index (χ3v) is 9.03. The lowest BCUT2D eigenvalue weighted by Crippen LogP contribution is -2.20. The minimum absolute atomic E-state index is 0.0801. The number of ether oxygens (including phenoxy) is 2. The maximum absolute atomic E-state index is 12.7. The van der Waals surface area contributed by atoms with Crippen molar-refractivity contribution < 1.29 is 23.9 Å². The summed E-state index contributed by atoms with van der Waals surface area (Å²) >= 11 is 4.11. The number of para-hydroxylation sites is 1. The zero-order chi connectivity index (χ0) is 25.5. The molecule has 192 valence electrons. The van der Waals surface area contributed by atoms with E-state index < -0.39 is 5.97 Å². The van der Waals surface area contributed by atoms with E-state index in [0.717, 1.165) is 52.8 Å². The molecule has 11 heteroatoms. The Labute approximate surface area is 221 Å². The van der Waals surface area contributed by atoms with Crippen molar-refractivity contribution in [3.05, 3.63) is 45.1 Å². The molecule has 1 aliphatic carbocycles. The average molecular weight is 548 g/mol. The van der Waals surface area contributed by atoms with Crippen LogP contribution in [0.1, 0.15) is 40.1 Å². The molecule has 4 rings (SSSR count). The number of anilines is 1. The highest BCUT2D eigenvalue weighted by Gasteiger charge is 2.26. The zero-order valence-electron chi connectivity index (χ0n) is 20.3. The van der Waals surface area contributed by atoms with Gasteiger partial charge in [0, 0.05) is 18.5 Å². The van der Waals surface area contributed by atoms with Gasteiger partial charge in [0.1, 0.15) is 5.00 Å². The number of nitrogens with zero attached hydrogens (tertiary/aromatic N) is 2. The van der Waals surface area contributed by atoms with Gasteiger partial charge >= 0.3 is 5.97 Å². The number of rotatable bonds is 9. The van der Waals surface area contributed by atoms with Crippen molar-refractivity contribution in [1.82, 2.24) is 4.57 Å². The molecule has 1 aliphatic rings. The van der Waals surface area contributed by atoms with E-state index >= 15 is 0 Å². The van der Waals surface area contributed by atoms with Crippen molar-refractivity contribution in [2.24, 2.45) is 4.99 Å². The summed E-state index contributed by atoms with van der Waals surface area (Å²) in [4.78, 5) is 43.8. The summed E-state index contributed by atoms with van der Waals surface area (Å²) < 4.78 is 13.2. The number of thioether (sulfide) groups is 1. The number of esters is 1. The van der Waals surface area contributed by atoms with Crippen LogP contribution in [0.15, 0.2) is 29.3 Å². The molecule has 0 saturated carbocycles. The molecule has 0 bridgehead atoms. The first-order valence-electron chi connectivity index (χ1n) is 11.8. The summed E-state index contributed by atoms with van der Waals surface area (Å²) in [6.45, 7) is 1.10. The van der Waals surface area contributed by atoms with Crippen LogP contribution in [0.3, 0.4) is 0 Å². The first kappa shape index (κ1) is 26.6. The van der Waals surface area contributed by atoms with Crippen molar-refractivity contribution >= 4 is 67.4 Å². The van der Waals surface area contributed by atoms with E-state index in [1.807, 2.05) is 28.8 Å². The number of carbonyl (C=O) groups is 3. The zero-order valence-corrected chi connectivity index (χ0v) is 22.8. The number of hydrogen-bond donors (Lipinski definition) is 1. The molecule has 2 amide bonds. The van der Waals surface area contributed by atoms with Gasteiger partial charge < -0.3 is 19.4 Å². The Morgan fingerprint density at radius 3 is 2.69 bits per heavy atom. The fraction of sp³-hybridized carbons (Fsp3) is 0.440. The fourth-order valence-corrected chi connectivity index (χ4v) is 7.15. The lowest BCUT2D eigenvalue weighted by molar-refractivity contribution is -0.115. The third-order valence-electron chi connectivity index (χ3n) is 5.85. The molecule has 0 atom stereocenters. The standard InChI is InChI=1S/C25H29N3O5S3/c1-32-13-12-28-17-9-6-7-11-19(17)36-25(28)27-21(30)15-34-14-20(29)26-23-22(24(31)33-2)16-8-4-3-5-10-18(16)35-23/h6-7,9,11H,3-5,8,10,12-15H2,1-2H3,(H,26,29). The summed E-state index contributed by atoms with van der Waals surface area (Å²) in [5.41, 5.74) is 2.49. The first-order chi connectivity index (χ1) is 17.5. The van der Waals surface area contributed by atoms with Crippen molar-refractivity contribution in [2.75, 3.05) is 37.6 Å². The van der Waals surface area contributed by atoms with Gasteiger partial charge in [0.15, 0.2) is 4.80 Å². The van der Waals surface area contributed by atoms with E-state index in [0.29, 0.717) is 28.5 Å². The van der Waals surface area contributed by atoms with Crippen molar-refractivity contribution in [2.45, 2.75) is 38.6 Å². The summed E-state index contributed by atoms with van der Waals surface area (Å²) in [6, 6.07) is 7.90. The normalized spacial score (nSPS) is 13.9. The molecule has 1 N–H and O–H groups in total. The minimum Gasteiger partial charge on any atom is -0.465 e. The molecule has 0 radical (unpaired) electrons. The number of methoxy groups -OCH3 is 2. The van der Waals surface area contributed by atoms with Gasteiger partial charge in [-0.2, -0.15) is 4.99 Å². The van der Waals surface area contributed by atoms with Gasteiger partial charge in [0.25, 0.3) is 5.91 Å². The van der Waals surface area contributed by atoms with E-state index in [9.17, 15) is 14.4 Å². The summed E-state index contributed by atoms with van der Waals surface area (Å²) in [5.74, 6) is -0.816. The highest BCUT2D eigenvalue weighted by Crippen LogP contribution is 2.38. The van der Waals surface area contributed by atoms with Gasteiger partial charge in [-0.1, -0.05) is 29.9 Å². The first-order valence-corrected chi connectivity index (χ1v) is 14.6. The topological polar surface area (TPSA) is 99.0 Å². The molecule has 1 aromatic carbocycles. The lowest BCUT2D eigenvalue weighted by atomic mass is 10.1. The van der Waals surface area contributed by atoms with E-state index in [2.05, 4.69) is 10.3 Å². The molecule has 0 saturated heterocycles. The second-order valence-corrected chi connectivity index (χ2v) is 11.4. The second kappa shape index (κ2) is 12.7. The highest BCUT2D eigenvalue weighted by molar-refractivity contribution is 8.00. The number of thiophene rings is 1. The van der Waals surface area contributed by atoms with Gasteiger partial charge in [-0.15, -0.1) is 23.1 Å². The summed E-state index contributed by atoms with van der Waals surface area (Å²) in [7, 11) is 2.99. The van der Waals surface area contributed by atoms with E-state index in [1.54, 1.807) is 7.11 Å². The number of hydrogen-bond acceptors (Lipinski definition) is 8. The molecule has 0 spiro atoms. The van der Waals surface area contributed by atoms with Crippen LogP contribution in [0.5, 0.6) is 0 Å². The van der Waals surface area contributed by atoms with Crippen LogP contribution in [0.4, 0.5) is 5.00 Å². The molecular formula is C25H29N3O5S3. The average Bonchev–Trinajstić information content (AvgIpc) is 3.29. The monoisotopic (exact) mass is 547 g/mol. The predicted molar refractivity (Wildman–Crippen MR) is 145 cm³/mol. The van der Waals surface area contributed by atoms with Crippen LogP contribution >= 0.6 is 34.4 Å². The van der Waals surface area contributed by atoms with Crippen LogP contribution < -0.4 is 10.1 Å². The largest absolute Gasteiger partial charge is 0.465 e. The molecular weight excluding hydrogens is 518 g/mol. The maximum Gasteiger partial charge on any atom is 0.341 e. The molecule has 8 nitrogen and oxygen atoms in total. The Kier molecular flexibility index (Phi) is 9.35. The minimum atomic E-state index is -0.420. The van der Waals surface area contributed by atoms with E-state index in [1.165, 1.54) is 41.5 Å². The highest BCUT2D eigenvalue weighted by atomic mass is 32.2. The molecule has 3 aromatic rings.